The quantitative estimate of drug-likeness (QED) is 0.803. The van der Waals surface area contributed by atoms with Gasteiger partial charge in [-0.3, -0.25) is 4.79 Å². The largest absolute Gasteiger partial charge is 0.508 e. The summed E-state index contributed by atoms with van der Waals surface area (Å²) < 4.78 is 5.31. The molecule has 1 aliphatic heterocycles. The lowest BCUT2D eigenvalue weighted by atomic mass is 10.1. The number of hydrogen-bond acceptors (Lipinski definition) is 4. The number of amides is 1. The molecule has 0 aliphatic carbocycles. The van der Waals surface area contributed by atoms with Crippen molar-refractivity contribution in [2.45, 2.75) is 13.1 Å². The van der Waals surface area contributed by atoms with Gasteiger partial charge in [-0.15, -0.1) is 0 Å². The van der Waals surface area contributed by atoms with Gasteiger partial charge in [-0.25, -0.2) is 0 Å². The van der Waals surface area contributed by atoms with Crippen molar-refractivity contribution in [3.63, 3.8) is 0 Å². The van der Waals surface area contributed by atoms with Crippen molar-refractivity contribution in [3.05, 3.63) is 53.6 Å². The molecule has 0 fully saturated rings. The van der Waals surface area contributed by atoms with Crippen LogP contribution < -0.4 is 15.4 Å². The number of aromatic hydroxyl groups is 1. The number of phenolic OH excluding ortho intramolecular Hbond substituents is 1. The molecular weight excluding hydrogens is 268 g/mol. The van der Waals surface area contributed by atoms with Gasteiger partial charge in [0.1, 0.15) is 11.5 Å². The van der Waals surface area contributed by atoms with Crippen molar-refractivity contribution in [1.82, 2.24) is 5.32 Å². The Morgan fingerprint density at radius 1 is 1.19 bits per heavy atom. The van der Waals surface area contributed by atoms with Crippen LogP contribution in [-0.2, 0) is 17.9 Å². The highest BCUT2D eigenvalue weighted by atomic mass is 16.5. The molecule has 1 heterocycles. The molecule has 1 amide bonds. The topological polar surface area (TPSA) is 70.6 Å². The van der Waals surface area contributed by atoms with Crippen LogP contribution in [0.5, 0.6) is 11.5 Å². The fourth-order valence-electron chi connectivity index (χ4n) is 2.24. The van der Waals surface area contributed by atoms with E-state index < -0.39 is 0 Å². The van der Waals surface area contributed by atoms with Crippen molar-refractivity contribution in [3.8, 4) is 11.5 Å². The molecule has 5 nitrogen and oxygen atoms in total. The first-order chi connectivity index (χ1) is 10.2. The van der Waals surface area contributed by atoms with E-state index in [1.165, 1.54) is 0 Å². The van der Waals surface area contributed by atoms with Crippen LogP contribution in [0.4, 0.5) is 5.69 Å². The van der Waals surface area contributed by atoms with Gasteiger partial charge >= 0.3 is 0 Å². The minimum Gasteiger partial charge on any atom is -0.508 e. The number of phenols is 1. The molecule has 0 saturated carbocycles. The Hall–Kier alpha value is -2.53. The normalized spacial score (nSPS) is 13.2. The van der Waals surface area contributed by atoms with Crippen LogP contribution in [0, 0.1) is 0 Å². The highest BCUT2D eigenvalue weighted by Gasteiger charge is 2.15. The number of ether oxygens (including phenoxy) is 1. The summed E-state index contributed by atoms with van der Waals surface area (Å²) >= 11 is 0. The Balaban J connectivity index is 1.62. The maximum absolute atomic E-state index is 11.3. The Morgan fingerprint density at radius 3 is 2.90 bits per heavy atom. The number of benzene rings is 2. The Labute approximate surface area is 122 Å². The average molecular weight is 284 g/mol. The summed E-state index contributed by atoms with van der Waals surface area (Å²) in [6.07, 6.45) is 0. The minimum absolute atomic E-state index is 0.0673. The zero-order valence-electron chi connectivity index (χ0n) is 11.4. The first kappa shape index (κ1) is 13.5. The summed E-state index contributed by atoms with van der Waals surface area (Å²) in [5, 5.41) is 15.7. The Morgan fingerprint density at radius 2 is 2.05 bits per heavy atom. The highest BCUT2D eigenvalue weighted by Crippen LogP contribution is 2.28. The van der Waals surface area contributed by atoms with E-state index in [1.54, 1.807) is 12.1 Å². The molecule has 1 aliphatic rings. The third kappa shape index (κ3) is 3.14. The molecule has 0 saturated heterocycles. The summed E-state index contributed by atoms with van der Waals surface area (Å²) in [5.41, 5.74) is 2.59. The predicted molar refractivity (Wildman–Crippen MR) is 79.2 cm³/mol. The lowest BCUT2D eigenvalue weighted by Gasteiger charge is -2.18. The zero-order valence-corrected chi connectivity index (χ0v) is 11.4. The van der Waals surface area contributed by atoms with E-state index in [9.17, 15) is 9.90 Å². The van der Waals surface area contributed by atoms with Crippen LogP contribution in [0.2, 0.25) is 0 Å². The molecule has 3 N–H and O–H groups in total. The number of para-hydroxylation sites is 1. The zero-order chi connectivity index (χ0) is 14.7. The third-order valence-corrected chi connectivity index (χ3v) is 3.31. The predicted octanol–water partition coefficient (Wildman–Crippen LogP) is 2.01. The van der Waals surface area contributed by atoms with Gasteiger partial charge in [0.05, 0.1) is 5.69 Å². The molecule has 108 valence electrons. The van der Waals surface area contributed by atoms with Gasteiger partial charge in [0.25, 0.3) is 5.91 Å². The van der Waals surface area contributed by atoms with Crippen LogP contribution in [0.15, 0.2) is 42.5 Å². The van der Waals surface area contributed by atoms with Gasteiger partial charge in [-0.2, -0.15) is 0 Å². The molecule has 21 heavy (non-hydrogen) atoms. The average Bonchev–Trinajstić information content (AvgIpc) is 2.49. The summed E-state index contributed by atoms with van der Waals surface area (Å²) in [6, 6.07) is 12.9. The summed E-state index contributed by atoms with van der Waals surface area (Å²) in [7, 11) is 0. The highest BCUT2D eigenvalue weighted by molar-refractivity contribution is 5.95. The number of carbonyl (C=O) groups excluding carboxylic acids is 1. The molecule has 0 spiro atoms. The van der Waals surface area contributed by atoms with Gasteiger partial charge in [0, 0.05) is 18.7 Å². The Kier molecular flexibility index (Phi) is 3.75. The van der Waals surface area contributed by atoms with E-state index in [1.807, 2.05) is 30.3 Å². The van der Waals surface area contributed by atoms with Crippen LogP contribution >= 0.6 is 0 Å². The number of rotatable bonds is 4. The summed E-state index contributed by atoms with van der Waals surface area (Å²) in [4.78, 5) is 11.3. The van der Waals surface area contributed by atoms with E-state index >= 15 is 0 Å². The van der Waals surface area contributed by atoms with Crippen molar-refractivity contribution >= 4 is 11.6 Å². The van der Waals surface area contributed by atoms with Crippen molar-refractivity contribution < 1.29 is 14.6 Å². The van der Waals surface area contributed by atoms with Gasteiger partial charge in [-0.1, -0.05) is 24.3 Å². The third-order valence-electron chi connectivity index (χ3n) is 3.31. The smallest absolute Gasteiger partial charge is 0.262 e. The molecule has 0 unspecified atom stereocenters. The van der Waals surface area contributed by atoms with Crippen LogP contribution in [0.25, 0.3) is 0 Å². The number of fused-ring (bicyclic) bond motifs is 1. The number of carbonyl (C=O) groups is 1. The van der Waals surface area contributed by atoms with Crippen molar-refractivity contribution in [2.75, 3.05) is 11.9 Å². The number of anilines is 1. The SMILES string of the molecule is O=C1COc2ccc(CNCc3ccccc3O)cc2N1. The number of hydrogen-bond donors (Lipinski definition) is 3. The van der Waals surface area contributed by atoms with Gasteiger partial charge < -0.3 is 20.5 Å². The monoisotopic (exact) mass is 284 g/mol. The molecular formula is C16H16N2O3. The minimum atomic E-state index is -0.137. The maximum Gasteiger partial charge on any atom is 0.262 e. The molecule has 0 bridgehead atoms. The number of nitrogens with one attached hydrogen (secondary N) is 2. The second kappa shape index (κ2) is 5.85. The lowest BCUT2D eigenvalue weighted by molar-refractivity contribution is -0.118. The van der Waals surface area contributed by atoms with Crippen LogP contribution in [-0.4, -0.2) is 17.6 Å². The van der Waals surface area contributed by atoms with E-state index in [0.29, 0.717) is 24.5 Å². The molecule has 0 aromatic heterocycles. The summed E-state index contributed by atoms with van der Waals surface area (Å²) in [6.45, 7) is 1.28. The molecule has 2 aromatic rings. The molecule has 0 atom stereocenters. The van der Waals surface area contributed by atoms with Crippen LogP contribution in [0.3, 0.4) is 0 Å². The van der Waals surface area contributed by atoms with E-state index in [-0.39, 0.29) is 18.3 Å². The van der Waals surface area contributed by atoms with Gasteiger partial charge in [0.15, 0.2) is 6.61 Å². The second-order valence-corrected chi connectivity index (χ2v) is 4.90. The van der Waals surface area contributed by atoms with E-state index in [0.717, 1.165) is 11.1 Å². The molecule has 0 radical (unpaired) electrons. The fourth-order valence-corrected chi connectivity index (χ4v) is 2.24. The first-order valence-electron chi connectivity index (χ1n) is 6.75. The van der Waals surface area contributed by atoms with Gasteiger partial charge in [0.2, 0.25) is 0 Å². The van der Waals surface area contributed by atoms with E-state index in [4.69, 9.17) is 4.74 Å². The second-order valence-electron chi connectivity index (χ2n) is 4.90. The lowest BCUT2D eigenvalue weighted by Crippen LogP contribution is -2.25. The maximum atomic E-state index is 11.3. The molecule has 3 rings (SSSR count). The summed E-state index contributed by atoms with van der Waals surface area (Å²) in [5.74, 6) is 0.844. The molecule has 2 aromatic carbocycles. The van der Waals surface area contributed by atoms with Crippen molar-refractivity contribution in [2.24, 2.45) is 0 Å². The van der Waals surface area contributed by atoms with E-state index in [2.05, 4.69) is 10.6 Å². The molecule has 5 heteroatoms. The Bertz CT molecular complexity index is 670. The fraction of sp³-hybridized carbons (Fsp3) is 0.188. The van der Waals surface area contributed by atoms with Gasteiger partial charge in [-0.05, 0) is 23.8 Å². The first-order valence-corrected chi connectivity index (χ1v) is 6.75. The van der Waals surface area contributed by atoms with Crippen LogP contribution in [0.1, 0.15) is 11.1 Å². The standard InChI is InChI=1S/C16H16N2O3/c19-14-4-2-1-3-12(14)9-17-8-11-5-6-15-13(7-11)18-16(20)10-21-15/h1-7,17,19H,8-10H2,(H,18,20). The van der Waals surface area contributed by atoms with Crippen molar-refractivity contribution in [1.29, 1.82) is 0 Å².